The largest absolute Gasteiger partial charge is 0.493 e. The molecule has 0 spiro atoms. The molecule has 5 rings (SSSR count). The number of pyridine rings is 1. The van der Waals surface area contributed by atoms with E-state index < -0.39 is 28.9 Å². The summed E-state index contributed by atoms with van der Waals surface area (Å²) in [5.41, 5.74) is 0.0700. The van der Waals surface area contributed by atoms with Gasteiger partial charge in [-0.3, -0.25) is 19.5 Å². The Bertz CT molecular complexity index is 1760. The SMILES string of the molecule is COc1cc2c(Oc3ccc(NC(=O)C(C)(C)C(=O)Nc4ccc(F)cc4C)cc3F)ccnc2cc1OCCCN1CCOCC1. The molecule has 47 heavy (non-hydrogen) atoms. The highest BCUT2D eigenvalue weighted by molar-refractivity contribution is 6.14. The Morgan fingerprint density at radius 2 is 1.70 bits per heavy atom. The Morgan fingerprint density at radius 3 is 2.43 bits per heavy atom. The monoisotopic (exact) mass is 648 g/mol. The number of hydrogen-bond acceptors (Lipinski definition) is 8. The zero-order valence-electron chi connectivity index (χ0n) is 26.8. The fourth-order valence-electron chi connectivity index (χ4n) is 5.00. The average Bonchev–Trinajstić information content (AvgIpc) is 3.05. The fourth-order valence-corrected chi connectivity index (χ4v) is 5.00. The van der Waals surface area contributed by atoms with Gasteiger partial charge in [-0.1, -0.05) is 0 Å². The zero-order valence-corrected chi connectivity index (χ0v) is 26.8. The van der Waals surface area contributed by atoms with Crippen LogP contribution < -0.4 is 24.8 Å². The third-order valence-electron chi connectivity index (χ3n) is 7.95. The molecular formula is C35H38F2N4O6. The molecule has 0 atom stereocenters. The van der Waals surface area contributed by atoms with Gasteiger partial charge in [-0.2, -0.15) is 0 Å². The van der Waals surface area contributed by atoms with Gasteiger partial charge in [-0.05, 0) is 75.2 Å². The summed E-state index contributed by atoms with van der Waals surface area (Å²) in [5, 5.41) is 5.84. The van der Waals surface area contributed by atoms with E-state index in [0.717, 1.165) is 45.3 Å². The van der Waals surface area contributed by atoms with Gasteiger partial charge in [0.15, 0.2) is 23.1 Å². The highest BCUT2D eigenvalue weighted by Crippen LogP contribution is 2.38. The summed E-state index contributed by atoms with van der Waals surface area (Å²) in [6.45, 7) is 9.27. The Balaban J connectivity index is 1.24. The van der Waals surface area contributed by atoms with Crippen LogP contribution in [0.3, 0.4) is 0 Å². The molecule has 1 aliphatic heterocycles. The summed E-state index contributed by atoms with van der Waals surface area (Å²) in [6.07, 6.45) is 2.40. The van der Waals surface area contributed by atoms with Crippen molar-refractivity contribution in [1.82, 2.24) is 9.88 Å². The summed E-state index contributed by atoms with van der Waals surface area (Å²) >= 11 is 0. The highest BCUT2D eigenvalue weighted by Gasteiger charge is 2.36. The van der Waals surface area contributed by atoms with Crippen LogP contribution in [0.2, 0.25) is 0 Å². The number of carbonyl (C=O) groups is 2. The first kappa shape index (κ1) is 33.6. The summed E-state index contributed by atoms with van der Waals surface area (Å²) in [4.78, 5) is 32.8. The molecule has 1 aromatic heterocycles. The molecule has 0 unspecified atom stereocenters. The summed E-state index contributed by atoms with van der Waals surface area (Å²) in [7, 11) is 1.54. The number of anilines is 2. The molecule has 4 aromatic rings. The first-order valence-electron chi connectivity index (χ1n) is 15.3. The Labute approximate surface area is 272 Å². The minimum atomic E-state index is -1.53. The van der Waals surface area contributed by atoms with Crippen LogP contribution in [0.25, 0.3) is 10.9 Å². The molecular weight excluding hydrogens is 610 g/mol. The molecule has 1 saturated heterocycles. The maximum atomic E-state index is 15.3. The van der Waals surface area contributed by atoms with Crippen LogP contribution >= 0.6 is 0 Å². The molecule has 1 aliphatic rings. The second kappa shape index (κ2) is 14.7. The van der Waals surface area contributed by atoms with Crippen molar-refractivity contribution in [3.63, 3.8) is 0 Å². The van der Waals surface area contributed by atoms with Crippen molar-refractivity contribution in [2.45, 2.75) is 27.2 Å². The number of amides is 2. The number of ether oxygens (including phenoxy) is 4. The average molecular weight is 649 g/mol. The Hall–Kier alpha value is -4.81. The highest BCUT2D eigenvalue weighted by atomic mass is 19.1. The molecule has 2 heterocycles. The van der Waals surface area contributed by atoms with Gasteiger partial charge in [-0.15, -0.1) is 0 Å². The van der Waals surface area contributed by atoms with E-state index in [1.807, 2.05) is 0 Å². The second-order valence-corrected chi connectivity index (χ2v) is 11.7. The van der Waals surface area contributed by atoms with Gasteiger partial charge in [0.1, 0.15) is 17.0 Å². The van der Waals surface area contributed by atoms with E-state index in [1.165, 1.54) is 44.2 Å². The molecule has 12 heteroatoms. The zero-order chi connectivity index (χ0) is 33.6. The predicted molar refractivity (Wildman–Crippen MR) is 174 cm³/mol. The van der Waals surface area contributed by atoms with E-state index in [9.17, 15) is 14.0 Å². The third kappa shape index (κ3) is 8.13. The van der Waals surface area contributed by atoms with Crippen LogP contribution in [-0.2, 0) is 14.3 Å². The number of benzene rings is 3. The number of morpholine rings is 1. The van der Waals surface area contributed by atoms with Crippen LogP contribution in [0.1, 0.15) is 25.8 Å². The molecule has 0 aliphatic carbocycles. The first-order valence-corrected chi connectivity index (χ1v) is 15.3. The van der Waals surface area contributed by atoms with Crippen LogP contribution in [-0.4, -0.2) is 68.3 Å². The van der Waals surface area contributed by atoms with Gasteiger partial charge in [0.05, 0.1) is 32.4 Å². The number of nitrogens with one attached hydrogen (secondary N) is 2. The van der Waals surface area contributed by atoms with Crippen LogP contribution in [0.5, 0.6) is 23.0 Å². The van der Waals surface area contributed by atoms with Crippen molar-refractivity contribution in [2.24, 2.45) is 5.41 Å². The van der Waals surface area contributed by atoms with Gasteiger partial charge in [0.25, 0.3) is 0 Å². The van der Waals surface area contributed by atoms with Crippen molar-refractivity contribution in [2.75, 3.05) is 57.2 Å². The number of halogens is 2. The molecule has 0 saturated carbocycles. The molecule has 1 fully saturated rings. The van der Waals surface area contributed by atoms with E-state index in [4.69, 9.17) is 18.9 Å². The van der Waals surface area contributed by atoms with Crippen LogP contribution in [0, 0.1) is 24.0 Å². The number of methoxy groups -OCH3 is 1. The number of carbonyl (C=O) groups excluding carboxylic acids is 2. The van der Waals surface area contributed by atoms with Crippen LogP contribution in [0.15, 0.2) is 60.8 Å². The number of aromatic nitrogens is 1. The van der Waals surface area contributed by atoms with Crippen molar-refractivity contribution < 1.29 is 37.3 Å². The fraction of sp³-hybridized carbons (Fsp3) is 0.343. The van der Waals surface area contributed by atoms with Crippen LogP contribution in [0.4, 0.5) is 20.2 Å². The molecule has 0 bridgehead atoms. The van der Waals surface area contributed by atoms with Gasteiger partial charge in [-0.25, -0.2) is 8.78 Å². The van der Waals surface area contributed by atoms with Gasteiger partial charge in [0, 0.05) is 54.7 Å². The molecule has 10 nitrogen and oxygen atoms in total. The molecule has 2 N–H and O–H groups in total. The minimum Gasteiger partial charge on any atom is -0.493 e. The van der Waals surface area contributed by atoms with E-state index in [2.05, 4.69) is 20.5 Å². The molecule has 248 valence electrons. The topological polar surface area (TPSA) is 111 Å². The standard InChI is InChI=1S/C35H38F2N4O6/c1-22-18-23(36)6-8-27(22)40-34(43)35(2,3)33(42)39-24-7-9-30(26(37)19-24)47-29-10-11-38-28-21-32(31(44-4)20-25(28)29)46-15-5-12-41-13-16-45-17-14-41/h6-11,18-21H,5,12-17H2,1-4H3,(H,39,42)(H,40,43). The lowest BCUT2D eigenvalue weighted by atomic mass is 9.90. The number of hydrogen-bond donors (Lipinski definition) is 2. The maximum Gasteiger partial charge on any atom is 0.239 e. The van der Waals surface area contributed by atoms with Crippen molar-refractivity contribution in [1.29, 1.82) is 0 Å². The van der Waals surface area contributed by atoms with Crippen molar-refractivity contribution in [3.8, 4) is 23.0 Å². The van der Waals surface area contributed by atoms with Crippen molar-refractivity contribution in [3.05, 3.63) is 78.0 Å². The van der Waals surface area contributed by atoms with E-state index in [-0.39, 0.29) is 11.4 Å². The quantitative estimate of drug-likeness (QED) is 0.136. The minimum absolute atomic E-state index is 0.0818. The Kier molecular flexibility index (Phi) is 10.5. The van der Waals surface area contributed by atoms with Crippen molar-refractivity contribution >= 4 is 34.1 Å². The lowest BCUT2D eigenvalue weighted by molar-refractivity contribution is -0.135. The van der Waals surface area contributed by atoms with E-state index >= 15 is 4.39 Å². The lowest BCUT2D eigenvalue weighted by Crippen LogP contribution is -2.41. The normalized spacial score (nSPS) is 13.7. The maximum absolute atomic E-state index is 15.3. The number of nitrogens with zero attached hydrogens (tertiary/aromatic N) is 2. The molecule has 0 radical (unpaired) electrons. The van der Waals surface area contributed by atoms with E-state index in [0.29, 0.717) is 46.0 Å². The smallest absolute Gasteiger partial charge is 0.239 e. The van der Waals surface area contributed by atoms with Gasteiger partial charge < -0.3 is 29.6 Å². The molecule has 3 aromatic carbocycles. The predicted octanol–water partition coefficient (Wildman–Crippen LogP) is 6.33. The summed E-state index contributed by atoms with van der Waals surface area (Å²) in [6, 6.07) is 13.0. The Morgan fingerprint density at radius 1 is 0.936 bits per heavy atom. The first-order chi connectivity index (χ1) is 22.5. The van der Waals surface area contributed by atoms with E-state index in [1.54, 1.807) is 38.4 Å². The number of aryl methyl sites for hydroxylation is 1. The second-order valence-electron chi connectivity index (χ2n) is 11.7. The van der Waals surface area contributed by atoms with Gasteiger partial charge >= 0.3 is 0 Å². The number of fused-ring (bicyclic) bond motifs is 1. The summed E-state index contributed by atoms with van der Waals surface area (Å²) in [5.74, 6) is -1.14. The number of rotatable bonds is 12. The lowest BCUT2D eigenvalue weighted by Gasteiger charge is -2.26. The summed E-state index contributed by atoms with van der Waals surface area (Å²) < 4.78 is 51.7. The molecule has 2 amide bonds. The third-order valence-corrected chi connectivity index (χ3v) is 7.95. The van der Waals surface area contributed by atoms with Gasteiger partial charge in [0.2, 0.25) is 11.8 Å².